The molecule has 6 rings (SSSR count). The van der Waals surface area contributed by atoms with Gasteiger partial charge in [0.05, 0.1) is 26.1 Å². The normalized spacial score (nSPS) is 31.9. The average Bonchev–Trinajstić information content (AvgIpc) is 3.16. The van der Waals surface area contributed by atoms with Crippen LogP contribution in [0.1, 0.15) is 50.5 Å². The second kappa shape index (κ2) is 9.54. The van der Waals surface area contributed by atoms with Crippen molar-refractivity contribution in [2.45, 2.75) is 69.6 Å². The van der Waals surface area contributed by atoms with Gasteiger partial charge in [-0.2, -0.15) is 0 Å². The van der Waals surface area contributed by atoms with E-state index >= 15 is 0 Å². The summed E-state index contributed by atoms with van der Waals surface area (Å²) < 4.78 is 5.18. The van der Waals surface area contributed by atoms with Crippen molar-refractivity contribution < 1.29 is 19.1 Å². The summed E-state index contributed by atoms with van der Waals surface area (Å²) in [6.45, 7) is 3.16. The number of fused-ring (bicyclic) bond motifs is 6. The molecule has 3 unspecified atom stereocenters. The first-order chi connectivity index (χ1) is 17.5. The number of ether oxygens (including phenoxy) is 1. The fourth-order valence-corrected chi connectivity index (χ4v) is 7.32. The molecule has 0 radical (unpaired) electrons. The van der Waals surface area contributed by atoms with Crippen LogP contribution in [0.3, 0.4) is 0 Å². The number of imide groups is 1. The predicted octanol–water partition coefficient (Wildman–Crippen LogP) is 2.93. The van der Waals surface area contributed by atoms with Gasteiger partial charge in [0.2, 0.25) is 5.91 Å². The van der Waals surface area contributed by atoms with Crippen LogP contribution in [0.2, 0.25) is 0 Å². The second-order valence-electron chi connectivity index (χ2n) is 11.1. The van der Waals surface area contributed by atoms with Crippen molar-refractivity contribution in [3.63, 3.8) is 0 Å². The number of benzene rings is 1. The van der Waals surface area contributed by atoms with Crippen molar-refractivity contribution in [3.05, 3.63) is 41.5 Å². The number of hydrogen-bond acceptors (Lipinski definition) is 5. The summed E-state index contributed by atoms with van der Waals surface area (Å²) in [7, 11) is 1.60. The molecule has 4 fully saturated rings. The van der Waals surface area contributed by atoms with Gasteiger partial charge in [0.25, 0.3) is 5.91 Å². The minimum absolute atomic E-state index is 0.0187. The highest BCUT2D eigenvalue weighted by Gasteiger charge is 2.48. The maximum atomic E-state index is 13.6. The van der Waals surface area contributed by atoms with E-state index in [9.17, 15) is 14.4 Å². The SMILES string of the molecule is COc1ccc(CN2C(=O)NC(CC(=O)N3CCCC4=C[C@@H]5C[C@@H](CN6CCCCC56)C43)C2=O)cc1. The van der Waals surface area contributed by atoms with Gasteiger partial charge in [-0.1, -0.05) is 30.2 Å². The van der Waals surface area contributed by atoms with E-state index in [0.29, 0.717) is 17.9 Å². The number of hydrogen-bond donors (Lipinski definition) is 1. The molecule has 4 heterocycles. The maximum Gasteiger partial charge on any atom is 0.325 e. The Bertz CT molecular complexity index is 1070. The first-order valence-corrected chi connectivity index (χ1v) is 13.5. The van der Waals surface area contributed by atoms with Crippen molar-refractivity contribution in [2.75, 3.05) is 26.7 Å². The molecule has 4 amide bonds. The molecule has 5 aliphatic rings. The second-order valence-corrected chi connectivity index (χ2v) is 11.1. The lowest BCUT2D eigenvalue weighted by Gasteiger charge is -2.54. The molecule has 4 aliphatic heterocycles. The van der Waals surface area contributed by atoms with Crippen molar-refractivity contribution in [1.82, 2.24) is 20.0 Å². The van der Waals surface area contributed by atoms with Gasteiger partial charge in [-0.25, -0.2) is 4.79 Å². The van der Waals surface area contributed by atoms with E-state index in [1.54, 1.807) is 7.11 Å². The molecule has 1 aliphatic carbocycles. The molecule has 1 aromatic carbocycles. The third-order valence-corrected chi connectivity index (χ3v) is 8.96. The van der Waals surface area contributed by atoms with Gasteiger partial charge >= 0.3 is 6.03 Å². The summed E-state index contributed by atoms with van der Waals surface area (Å²) in [6, 6.07) is 6.89. The minimum atomic E-state index is -0.799. The smallest absolute Gasteiger partial charge is 0.325 e. The molecule has 8 nitrogen and oxygen atoms in total. The van der Waals surface area contributed by atoms with Crippen molar-refractivity contribution in [3.8, 4) is 5.75 Å². The van der Waals surface area contributed by atoms with Crippen molar-refractivity contribution >= 4 is 17.8 Å². The lowest BCUT2D eigenvalue weighted by atomic mass is 9.68. The monoisotopic (exact) mass is 492 g/mol. The van der Waals surface area contributed by atoms with Crippen LogP contribution < -0.4 is 10.1 Å². The van der Waals surface area contributed by atoms with Crippen LogP contribution >= 0.6 is 0 Å². The fraction of sp³-hybridized carbons (Fsp3) is 0.607. The maximum absolute atomic E-state index is 13.6. The highest BCUT2D eigenvalue weighted by atomic mass is 16.5. The first-order valence-electron chi connectivity index (χ1n) is 13.5. The fourth-order valence-electron chi connectivity index (χ4n) is 7.32. The molecule has 4 saturated heterocycles. The van der Waals surface area contributed by atoms with Crippen LogP contribution in [0.4, 0.5) is 4.79 Å². The number of likely N-dealkylation sites (tertiary alicyclic amines) is 1. The molecule has 8 heteroatoms. The third kappa shape index (κ3) is 4.19. The average molecular weight is 493 g/mol. The molecular formula is C28H36N4O4. The Morgan fingerprint density at radius 2 is 1.94 bits per heavy atom. The number of carbonyl (C=O) groups is 3. The summed E-state index contributed by atoms with van der Waals surface area (Å²) in [5.74, 6) is 1.46. The summed E-state index contributed by atoms with van der Waals surface area (Å²) in [5.41, 5.74) is 2.27. The highest BCUT2D eigenvalue weighted by Crippen LogP contribution is 2.45. The lowest BCUT2D eigenvalue weighted by Crippen LogP contribution is -2.60. The third-order valence-electron chi connectivity index (χ3n) is 8.96. The molecule has 1 aromatic rings. The molecular weight excluding hydrogens is 456 g/mol. The van der Waals surface area contributed by atoms with Crippen molar-refractivity contribution in [1.29, 1.82) is 0 Å². The Morgan fingerprint density at radius 1 is 1.11 bits per heavy atom. The van der Waals surface area contributed by atoms with Crippen molar-refractivity contribution in [2.24, 2.45) is 11.8 Å². The van der Waals surface area contributed by atoms with Gasteiger partial charge in [0.1, 0.15) is 11.8 Å². The van der Waals surface area contributed by atoms with Crippen LogP contribution in [0, 0.1) is 11.8 Å². The minimum Gasteiger partial charge on any atom is -0.497 e. The Kier molecular flexibility index (Phi) is 6.23. The van der Waals surface area contributed by atoms with Crippen LogP contribution in [0.25, 0.3) is 0 Å². The molecule has 5 atom stereocenters. The van der Waals surface area contributed by atoms with E-state index in [1.807, 2.05) is 29.2 Å². The van der Waals surface area contributed by atoms with Crippen LogP contribution in [-0.4, -0.2) is 77.4 Å². The Balaban J connectivity index is 1.14. The van der Waals surface area contributed by atoms with Crippen LogP contribution in [-0.2, 0) is 16.1 Å². The lowest BCUT2D eigenvalue weighted by molar-refractivity contribution is -0.139. The number of carbonyl (C=O) groups excluding carboxylic acids is 3. The molecule has 1 N–H and O–H groups in total. The zero-order valence-corrected chi connectivity index (χ0v) is 21.0. The predicted molar refractivity (Wildman–Crippen MR) is 134 cm³/mol. The van der Waals surface area contributed by atoms with Gasteiger partial charge in [-0.3, -0.25) is 19.4 Å². The van der Waals surface area contributed by atoms with E-state index in [-0.39, 0.29) is 30.8 Å². The van der Waals surface area contributed by atoms with Gasteiger partial charge in [0.15, 0.2) is 0 Å². The van der Waals surface area contributed by atoms with Crippen LogP contribution in [0.15, 0.2) is 35.9 Å². The van der Waals surface area contributed by atoms with Crippen LogP contribution in [0.5, 0.6) is 5.75 Å². The largest absolute Gasteiger partial charge is 0.497 e. The zero-order valence-electron chi connectivity index (χ0n) is 21.0. The van der Waals surface area contributed by atoms with E-state index in [2.05, 4.69) is 16.3 Å². The number of amides is 4. The van der Waals surface area contributed by atoms with Gasteiger partial charge in [-0.15, -0.1) is 0 Å². The van der Waals surface area contributed by atoms with E-state index in [1.165, 1.54) is 36.3 Å². The standard InChI is InChI=1S/C28H36N4O4/c1-36-22-9-7-18(8-10-22)16-32-27(34)23(29-28(32)35)15-25(33)31-12-4-5-19-13-20-14-21(26(19)31)17-30-11-3-2-6-24(20)30/h7-10,13,20-21,23-24,26H,2-6,11-12,14-17H2,1H3,(H,29,35)/t20-,21+,23?,24?,26?/m1/s1. The molecule has 0 aromatic heterocycles. The summed E-state index contributed by atoms with van der Waals surface area (Å²) in [5, 5.41) is 2.76. The number of nitrogens with one attached hydrogen (secondary N) is 1. The molecule has 0 spiro atoms. The van der Waals surface area contributed by atoms with Gasteiger partial charge < -0.3 is 15.0 Å². The van der Waals surface area contributed by atoms with Gasteiger partial charge in [-0.05, 0) is 68.2 Å². The molecule has 2 bridgehead atoms. The van der Waals surface area contributed by atoms with E-state index in [4.69, 9.17) is 4.74 Å². The number of urea groups is 1. The Labute approximate surface area is 212 Å². The number of rotatable bonds is 5. The quantitative estimate of drug-likeness (QED) is 0.505. The highest BCUT2D eigenvalue weighted by molar-refractivity contribution is 6.05. The topological polar surface area (TPSA) is 82.2 Å². The van der Waals surface area contributed by atoms with E-state index in [0.717, 1.165) is 43.7 Å². The summed E-state index contributed by atoms with van der Waals surface area (Å²) >= 11 is 0. The zero-order chi connectivity index (χ0) is 24.8. The molecule has 36 heavy (non-hydrogen) atoms. The van der Waals surface area contributed by atoms with Gasteiger partial charge in [0, 0.05) is 19.1 Å². The summed E-state index contributed by atoms with van der Waals surface area (Å²) in [6.07, 6.45) is 9.63. The van der Waals surface area contributed by atoms with E-state index < -0.39 is 12.1 Å². The molecule has 192 valence electrons. The molecule has 0 saturated carbocycles. The summed E-state index contributed by atoms with van der Waals surface area (Å²) in [4.78, 5) is 45.2. The Morgan fingerprint density at radius 3 is 2.75 bits per heavy atom. The number of methoxy groups -OCH3 is 1. The number of nitrogens with zero attached hydrogens (tertiary/aromatic N) is 3. The number of piperidine rings is 3. The Hall–Kier alpha value is -2.87. The first kappa shape index (κ1) is 23.5.